The summed E-state index contributed by atoms with van der Waals surface area (Å²) in [6.45, 7) is 2.44. The Morgan fingerprint density at radius 2 is 1.73 bits per heavy atom. The minimum atomic E-state index is -0.415. The molecule has 1 unspecified atom stereocenters. The van der Waals surface area contributed by atoms with Gasteiger partial charge in [-0.1, -0.05) is 66.5 Å². The number of halogens is 2. The number of hydrogen-bond donors (Lipinski definition) is 0. The molecule has 0 radical (unpaired) electrons. The van der Waals surface area contributed by atoms with E-state index >= 15 is 0 Å². The number of ether oxygens (including phenoxy) is 1. The SMILES string of the molecule is COC(=O)C(C)CN(Cc1ccccc1)C(=O)Cc1ccc(Cl)c(Cl)c1. The Morgan fingerprint density at radius 3 is 2.35 bits per heavy atom. The molecule has 0 saturated heterocycles. The van der Waals surface area contributed by atoms with Crippen molar-refractivity contribution in [1.82, 2.24) is 4.90 Å². The summed E-state index contributed by atoms with van der Waals surface area (Å²) in [6.07, 6.45) is 0.178. The summed E-state index contributed by atoms with van der Waals surface area (Å²) in [5, 5.41) is 0.859. The van der Waals surface area contributed by atoms with E-state index in [2.05, 4.69) is 0 Å². The summed E-state index contributed by atoms with van der Waals surface area (Å²) < 4.78 is 4.78. The highest BCUT2D eigenvalue weighted by Crippen LogP contribution is 2.23. The summed E-state index contributed by atoms with van der Waals surface area (Å²) in [4.78, 5) is 26.3. The molecular formula is C20H21Cl2NO3. The maximum absolute atomic E-state index is 12.9. The Labute approximate surface area is 163 Å². The predicted molar refractivity (Wildman–Crippen MR) is 103 cm³/mol. The third-order valence-corrected chi connectivity index (χ3v) is 4.75. The molecule has 6 heteroatoms. The average Bonchev–Trinajstić information content (AvgIpc) is 2.64. The van der Waals surface area contributed by atoms with Crippen LogP contribution in [0.1, 0.15) is 18.1 Å². The second-order valence-corrected chi connectivity index (χ2v) is 6.92. The normalized spacial score (nSPS) is 11.7. The summed E-state index contributed by atoms with van der Waals surface area (Å²) in [6, 6.07) is 14.8. The number of carbonyl (C=O) groups excluding carboxylic acids is 2. The van der Waals surface area contributed by atoms with Gasteiger partial charge in [-0.15, -0.1) is 0 Å². The van der Waals surface area contributed by atoms with Crippen LogP contribution >= 0.6 is 23.2 Å². The summed E-state index contributed by atoms with van der Waals surface area (Å²) >= 11 is 12.0. The first kappa shape index (κ1) is 20.3. The van der Waals surface area contributed by atoms with Crippen LogP contribution in [-0.2, 0) is 27.3 Å². The molecule has 2 aromatic carbocycles. The second-order valence-electron chi connectivity index (χ2n) is 6.11. The minimum Gasteiger partial charge on any atom is -0.469 e. The molecule has 2 aromatic rings. The fourth-order valence-corrected chi connectivity index (χ4v) is 2.92. The van der Waals surface area contributed by atoms with E-state index < -0.39 is 5.92 Å². The van der Waals surface area contributed by atoms with Crippen molar-refractivity contribution in [3.63, 3.8) is 0 Å². The van der Waals surface area contributed by atoms with Crippen LogP contribution in [0.25, 0.3) is 0 Å². The lowest BCUT2D eigenvalue weighted by Crippen LogP contribution is -2.37. The van der Waals surface area contributed by atoms with Gasteiger partial charge in [0.1, 0.15) is 0 Å². The van der Waals surface area contributed by atoms with Gasteiger partial charge in [0.15, 0.2) is 0 Å². The molecule has 0 N–H and O–H groups in total. The van der Waals surface area contributed by atoms with Crippen molar-refractivity contribution in [3.05, 3.63) is 69.7 Å². The van der Waals surface area contributed by atoms with Crippen LogP contribution in [0, 0.1) is 5.92 Å². The van der Waals surface area contributed by atoms with Gasteiger partial charge in [0.05, 0.1) is 29.5 Å². The van der Waals surface area contributed by atoms with Crippen LogP contribution in [0.4, 0.5) is 0 Å². The van der Waals surface area contributed by atoms with Gasteiger partial charge in [0, 0.05) is 13.1 Å². The zero-order valence-electron chi connectivity index (χ0n) is 14.7. The van der Waals surface area contributed by atoms with E-state index in [0.29, 0.717) is 16.6 Å². The van der Waals surface area contributed by atoms with E-state index in [4.69, 9.17) is 27.9 Å². The molecule has 0 aliphatic rings. The molecule has 0 aliphatic heterocycles. The van der Waals surface area contributed by atoms with Crippen LogP contribution in [0.3, 0.4) is 0 Å². The lowest BCUT2D eigenvalue weighted by Gasteiger charge is -2.25. The quantitative estimate of drug-likeness (QED) is 0.655. The van der Waals surface area contributed by atoms with E-state index in [0.717, 1.165) is 11.1 Å². The monoisotopic (exact) mass is 393 g/mol. The zero-order valence-corrected chi connectivity index (χ0v) is 16.3. The number of methoxy groups -OCH3 is 1. The molecule has 0 aliphatic carbocycles. The maximum Gasteiger partial charge on any atom is 0.310 e. The fourth-order valence-electron chi connectivity index (χ4n) is 2.60. The lowest BCUT2D eigenvalue weighted by molar-refractivity contribution is -0.146. The number of esters is 1. The van der Waals surface area contributed by atoms with Crippen LogP contribution < -0.4 is 0 Å². The van der Waals surface area contributed by atoms with Crippen molar-refractivity contribution >= 4 is 35.1 Å². The van der Waals surface area contributed by atoms with E-state index in [-0.39, 0.29) is 24.8 Å². The van der Waals surface area contributed by atoms with Gasteiger partial charge < -0.3 is 9.64 Å². The molecule has 0 spiro atoms. The summed E-state index contributed by atoms with van der Waals surface area (Å²) in [5.74, 6) is -0.852. The molecule has 1 atom stereocenters. The average molecular weight is 394 g/mol. The van der Waals surface area contributed by atoms with Crippen LogP contribution in [-0.4, -0.2) is 30.4 Å². The Bertz CT molecular complexity index is 765. The molecule has 26 heavy (non-hydrogen) atoms. The van der Waals surface area contributed by atoms with E-state index in [1.807, 2.05) is 30.3 Å². The van der Waals surface area contributed by atoms with Gasteiger partial charge in [0.25, 0.3) is 0 Å². The topological polar surface area (TPSA) is 46.6 Å². The molecule has 0 saturated carbocycles. The number of carbonyl (C=O) groups is 2. The Kier molecular flexibility index (Phi) is 7.49. The Hall–Kier alpha value is -2.04. The first-order chi connectivity index (χ1) is 12.4. The van der Waals surface area contributed by atoms with Gasteiger partial charge in [-0.05, 0) is 23.3 Å². The number of nitrogens with zero attached hydrogens (tertiary/aromatic N) is 1. The standard InChI is InChI=1S/C20H21Cl2NO3/c1-14(20(25)26-2)12-23(13-15-6-4-3-5-7-15)19(24)11-16-8-9-17(21)18(22)10-16/h3-10,14H,11-13H2,1-2H3. The summed E-state index contributed by atoms with van der Waals surface area (Å²) in [5.41, 5.74) is 1.76. The highest BCUT2D eigenvalue weighted by atomic mass is 35.5. The van der Waals surface area contributed by atoms with Crippen molar-refractivity contribution in [2.24, 2.45) is 5.92 Å². The molecule has 1 amide bonds. The van der Waals surface area contributed by atoms with Crippen molar-refractivity contribution in [2.45, 2.75) is 19.9 Å². The molecular weight excluding hydrogens is 373 g/mol. The molecule has 2 rings (SSSR count). The highest BCUT2D eigenvalue weighted by Gasteiger charge is 2.22. The third-order valence-electron chi connectivity index (χ3n) is 4.01. The number of hydrogen-bond acceptors (Lipinski definition) is 3. The number of benzene rings is 2. The van der Waals surface area contributed by atoms with Gasteiger partial charge in [-0.3, -0.25) is 9.59 Å². The Morgan fingerprint density at radius 1 is 1.04 bits per heavy atom. The maximum atomic E-state index is 12.9. The van der Waals surface area contributed by atoms with Gasteiger partial charge in [-0.2, -0.15) is 0 Å². The van der Waals surface area contributed by atoms with Crippen LogP contribution in [0.5, 0.6) is 0 Å². The molecule has 0 bridgehead atoms. The van der Waals surface area contributed by atoms with Crippen LogP contribution in [0.15, 0.2) is 48.5 Å². The van der Waals surface area contributed by atoms with Gasteiger partial charge in [-0.25, -0.2) is 0 Å². The second kappa shape index (κ2) is 9.60. The van der Waals surface area contributed by atoms with Gasteiger partial charge in [0.2, 0.25) is 5.91 Å². The van der Waals surface area contributed by atoms with Crippen molar-refractivity contribution < 1.29 is 14.3 Å². The minimum absolute atomic E-state index is 0.0944. The highest BCUT2D eigenvalue weighted by molar-refractivity contribution is 6.42. The molecule has 0 aromatic heterocycles. The molecule has 138 valence electrons. The van der Waals surface area contributed by atoms with E-state index in [1.165, 1.54) is 7.11 Å². The third kappa shape index (κ3) is 5.75. The molecule has 0 fully saturated rings. The first-order valence-electron chi connectivity index (χ1n) is 8.24. The van der Waals surface area contributed by atoms with Crippen molar-refractivity contribution in [2.75, 3.05) is 13.7 Å². The lowest BCUT2D eigenvalue weighted by atomic mass is 10.1. The molecule has 0 heterocycles. The smallest absolute Gasteiger partial charge is 0.310 e. The van der Waals surface area contributed by atoms with E-state index in [9.17, 15) is 9.59 Å². The van der Waals surface area contributed by atoms with Crippen molar-refractivity contribution in [1.29, 1.82) is 0 Å². The Balaban J connectivity index is 2.16. The van der Waals surface area contributed by atoms with E-state index in [1.54, 1.807) is 30.0 Å². The first-order valence-corrected chi connectivity index (χ1v) is 8.99. The predicted octanol–water partition coefficient (Wildman–Crippen LogP) is 4.37. The van der Waals surface area contributed by atoms with Gasteiger partial charge >= 0.3 is 5.97 Å². The van der Waals surface area contributed by atoms with Crippen molar-refractivity contribution in [3.8, 4) is 0 Å². The summed E-state index contributed by atoms with van der Waals surface area (Å²) in [7, 11) is 1.35. The zero-order chi connectivity index (χ0) is 19.1. The largest absolute Gasteiger partial charge is 0.469 e. The number of rotatable bonds is 7. The number of amides is 1. The fraction of sp³-hybridized carbons (Fsp3) is 0.300. The van der Waals surface area contributed by atoms with Crippen LogP contribution in [0.2, 0.25) is 10.0 Å². The molecule has 4 nitrogen and oxygen atoms in total.